The first-order valence-corrected chi connectivity index (χ1v) is 8.21. The SMILES string of the molecule is CN1CCCC1CN(C)S(=O)(=O)c1cccnc1CN. The minimum Gasteiger partial charge on any atom is -0.325 e. The summed E-state index contributed by atoms with van der Waals surface area (Å²) in [4.78, 5) is 6.47. The monoisotopic (exact) mass is 298 g/mol. The van der Waals surface area contributed by atoms with Crippen LogP contribution in [-0.4, -0.2) is 55.8 Å². The van der Waals surface area contributed by atoms with Crippen LogP contribution in [0, 0.1) is 0 Å². The number of nitrogens with zero attached hydrogens (tertiary/aromatic N) is 3. The molecule has 2 N–H and O–H groups in total. The highest BCUT2D eigenvalue weighted by Crippen LogP contribution is 2.21. The van der Waals surface area contributed by atoms with Crippen molar-refractivity contribution in [1.82, 2.24) is 14.2 Å². The highest BCUT2D eigenvalue weighted by atomic mass is 32.2. The fourth-order valence-electron chi connectivity index (χ4n) is 2.58. The molecule has 112 valence electrons. The molecule has 1 atom stereocenters. The van der Waals surface area contributed by atoms with Gasteiger partial charge >= 0.3 is 0 Å². The van der Waals surface area contributed by atoms with Crippen LogP contribution in [0.1, 0.15) is 18.5 Å². The van der Waals surface area contributed by atoms with Crippen LogP contribution in [0.15, 0.2) is 23.2 Å². The van der Waals surface area contributed by atoms with Gasteiger partial charge < -0.3 is 10.6 Å². The predicted molar refractivity (Wildman–Crippen MR) is 77.6 cm³/mol. The van der Waals surface area contributed by atoms with Crippen LogP contribution in [0.4, 0.5) is 0 Å². The van der Waals surface area contributed by atoms with Gasteiger partial charge in [0.2, 0.25) is 10.0 Å². The van der Waals surface area contributed by atoms with E-state index in [4.69, 9.17) is 5.73 Å². The first-order chi connectivity index (χ1) is 9.46. The Hall–Kier alpha value is -1.02. The molecule has 1 fully saturated rings. The normalized spacial score (nSPS) is 20.7. The molecule has 1 aromatic rings. The van der Waals surface area contributed by atoms with E-state index in [1.807, 2.05) is 7.05 Å². The Morgan fingerprint density at radius 1 is 1.55 bits per heavy atom. The van der Waals surface area contributed by atoms with Gasteiger partial charge in [-0.2, -0.15) is 4.31 Å². The van der Waals surface area contributed by atoms with E-state index in [1.54, 1.807) is 25.4 Å². The third kappa shape index (κ3) is 3.01. The molecule has 0 amide bonds. The molecule has 1 aliphatic rings. The van der Waals surface area contributed by atoms with Gasteiger partial charge in [0, 0.05) is 32.4 Å². The summed E-state index contributed by atoms with van der Waals surface area (Å²) in [6, 6.07) is 3.48. The zero-order valence-electron chi connectivity index (χ0n) is 12.0. The van der Waals surface area contributed by atoms with Crippen LogP contribution < -0.4 is 5.73 Å². The van der Waals surface area contributed by atoms with Crippen molar-refractivity contribution in [3.8, 4) is 0 Å². The van der Waals surface area contributed by atoms with E-state index < -0.39 is 10.0 Å². The summed E-state index contributed by atoms with van der Waals surface area (Å²) >= 11 is 0. The Kier molecular flexibility index (Phi) is 4.74. The highest BCUT2D eigenvalue weighted by molar-refractivity contribution is 7.89. The quantitative estimate of drug-likeness (QED) is 0.843. The number of hydrogen-bond donors (Lipinski definition) is 1. The zero-order valence-corrected chi connectivity index (χ0v) is 12.8. The second kappa shape index (κ2) is 6.17. The molecule has 0 saturated carbocycles. The van der Waals surface area contributed by atoms with E-state index >= 15 is 0 Å². The molecule has 0 spiro atoms. The number of aromatic nitrogens is 1. The maximum Gasteiger partial charge on any atom is 0.244 e. The summed E-state index contributed by atoms with van der Waals surface area (Å²) in [6.45, 7) is 1.64. The zero-order chi connectivity index (χ0) is 14.8. The van der Waals surface area contributed by atoms with Gasteiger partial charge in [0.25, 0.3) is 0 Å². The van der Waals surface area contributed by atoms with Crippen LogP contribution in [-0.2, 0) is 16.6 Å². The van der Waals surface area contributed by atoms with Crippen LogP contribution in [0.3, 0.4) is 0 Å². The Balaban J connectivity index is 2.21. The van der Waals surface area contributed by atoms with Crippen molar-refractivity contribution in [2.45, 2.75) is 30.3 Å². The summed E-state index contributed by atoms with van der Waals surface area (Å²) < 4.78 is 26.6. The lowest BCUT2D eigenvalue weighted by atomic mass is 10.2. The van der Waals surface area contributed by atoms with Gasteiger partial charge in [-0.05, 0) is 38.6 Å². The molecular weight excluding hydrogens is 276 g/mol. The lowest BCUT2D eigenvalue weighted by Gasteiger charge is -2.25. The van der Waals surface area contributed by atoms with Crippen molar-refractivity contribution >= 4 is 10.0 Å². The van der Waals surface area contributed by atoms with Crippen LogP contribution in [0.5, 0.6) is 0 Å². The third-order valence-corrected chi connectivity index (χ3v) is 5.77. The number of sulfonamides is 1. The van der Waals surface area contributed by atoms with Gasteiger partial charge in [-0.25, -0.2) is 8.42 Å². The van der Waals surface area contributed by atoms with Gasteiger partial charge in [0.1, 0.15) is 4.90 Å². The van der Waals surface area contributed by atoms with Crippen molar-refractivity contribution in [1.29, 1.82) is 0 Å². The minimum absolute atomic E-state index is 0.118. The number of hydrogen-bond acceptors (Lipinski definition) is 5. The summed E-state index contributed by atoms with van der Waals surface area (Å²) in [5.74, 6) is 0. The molecule has 0 bridgehead atoms. The molecule has 2 rings (SSSR count). The maximum atomic E-state index is 12.6. The molecule has 0 aliphatic carbocycles. The first-order valence-electron chi connectivity index (χ1n) is 6.77. The molecule has 1 saturated heterocycles. The average molecular weight is 298 g/mol. The molecule has 1 aromatic heterocycles. The van der Waals surface area contributed by atoms with E-state index in [2.05, 4.69) is 9.88 Å². The number of likely N-dealkylation sites (tertiary alicyclic amines) is 1. The Labute approximate surface area is 120 Å². The molecule has 2 heterocycles. The van der Waals surface area contributed by atoms with Gasteiger partial charge in [-0.3, -0.25) is 4.98 Å². The van der Waals surface area contributed by atoms with Crippen LogP contribution in [0.2, 0.25) is 0 Å². The fourth-order valence-corrected chi connectivity index (χ4v) is 3.97. The minimum atomic E-state index is -3.53. The first kappa shape index (κ1) is 15.4. The van der Waals surface area contributed by atoms with E-state index in [9.17, 15) is 8.42 Å². The summed E-state index contributed by atoms with van der Waals surface area (Å²) in [5.41, 5.74) is 6.00. The van der Waals surface area contributed by atoms with Gasteiger partial charge in [0.05, 0.1) is 5.69 Å². The number of nitrogens with two attached hydrogens (primary N) is 1. The van der Waals surface area contributed by atoms with Crippen molar-refractivity contribution < 1.29 is 8.42 Å². The van der Waals surface area contributed by atoms with Crippen LogP contribution in [0.25, 0.3) is 0 Å². The Morgan fingerprint density at radius 2 is 2.30 bits per heavy atom. The molecule has 1 aliphatic heterocycles. The van der Waals surface area contributed by atoms with Gasteiger partial charge in [-0.1, -0.05) is 0 Å². The molecule has 7 heteroatoms. The smallest absolute Gasteiger partial charge is 0.244 e. The summed E-state index contributed by atoms with van der Waals surface area (Å²) in [7, 11) is 0.127. The molecule has 1 unspecified atom stereocenters. The summed E-state index contributed by atoms with van der Waals surface area (Å²) in [5, 5.41) is 0. The van der Waals surface area contributed by atoms with Gasteiger partial charge in [-0.15, -0.1) is 0 Å². The number of pyridine rings is 1. The van der Waals surface area contributed by atoms with E-state index in [0.29, 0.717) is 12.2 Å². The lowest BCUT2D eigenvalue weighted by molar-refractivity contribution is 0.271. The third-order valence-electron chi connectivity index (χ3n) is 3.87. The largest absolute Gasteiger partial charge is 0.325 e. The lowest BCUT2D eigenvalue weighted by Crippen LogP contribution is -2.39. The van der Waals surface area contributed by atoms with Gasteiger partial charge in [0.15, 0.2) is 0 Å². The van der Waals surface area contributed by atoms with Crippen molar-refractivity contribution in [2.24, 2.45) is 5.73 Å². The number of likely N-dealkylation sites (N-methyl/N-ethyl adjacent to an activating group) is 2. The van der Waals surface area contributed by atoms with E-state index in [-0.39, 0.29) is 17.5 Å². The second-order valence-corrected chi connectivity index (χ2v) is 7.23. The maximum absolute atomic E-state index is 12.6. The van der Waals surface area contributed by atoms with E-state index in [1.165, 1.54) is 4.31 Å². The second-order valence-electron chi connectivity index (χ2n) is 5.21. The van der Waals surface area contributed by atoms with Crippen molar-refractivity contribution in [2.75, 3.05) is 27.2 Å². The topological polar surface area (TPSA) is 79.5 Å². The molecule has 0 aromatic carbocycles. The van der Waals surface area contributed by atoms with Crippen molar-refractivity contribution in [3.05, 3.63) is 24.0 Å². The standard InChI is InChI=1S/C13H22N4O2S/c1-16-8-4-5-11(16)10-17(2)20(18,19)13-6-3-7-15-12(13)9-14/h3,6-7,11H,4-5,8-10,14H2,1-2H3. The van der Waals surface area contributed by atoms with Crippen molar-refractivity contribution in [3.63, 3.8) is 0 Å². The Bertz CT molecular complexity index is 561. The summed E-state index contributed by atoms with van der Waals surface area (Å²) in [6.07, 6.45) is 3.72. The molecular formula is C13H22N4O2S. The predicted octanol–water partition coefficient (Wildman–Crippen LogP) is 0.255. The molecule has 6 nitrogen and oxygen atoms in total. The fraction of sp³-hybridized carbons (Fsp3) is 0.615. The Morgan fingerprint density at radius 3 is 2.90 bits per heavy atom. The molecule has 0 radical (unpaired) electrons. The number of rotatable bonds is 5. The molecule has 20 heavy (non-hydrogen) atoms. The van der Waals surface area contributed by atoms with E-state index in [0.717, 1.165) is 19.4 Å². The van der Waals surface area contributed by atoms with Crippen LogP contribution >= 0.6 is 0 Å². The average Bonchev–Trinajstić information content (AvgIpc) is 2.84. The highest BCUT2D eigenvalue weighted by Gasteiger charge is 2.29.